The molecule has 0 aromatic heterocycles. The van der Waals surface area contributed by atoms with Crippen molar-refractivity contribution in [1.29, 1.82) is 0 Å². The highest BCUT2D eigenvalue weighted by Crippen LogP contribution is 2.07. The van der Waals surface area contributed by atoms with Gasteiger partial charge in [-0.05, 0) is 6.04 Å². The van der Waals surface area contributed by atoms with Crippen LogP contribution in [-0.4, -0.2) is 15.8 Å². The van der Waals surface area contributed by atoms with Gasteiger partial charge in [-0.2, -0.15) is 0 Å². The second-order valence-corrected chi connectivity index (χ2v) is 12.0. The van der Waals surface area contributed by atoms with Crippen molar-refractivity contribution in [2.45, 2.75) is 19.1 Å². The number of halogens is 2. The lowest BCUT2D eigenvalue weighted by Crippen LogP contribution is -2.48. The molecule has 0 atom stereocenters. The van der Waals surface area contributed by atoms with Crippen LogP contribution >= 0.6 is 22.2 Å². The van der Waals surface area contributed by atoms with Crippen molar-refractivity contribution in [3.63, 3.8) is 0 Å². The van der Waals surface area contributed by atoms with E-state index in [1.165, 1.54) is 0 Å². The highest BCUT2D eigenvalue weighted by Gasteiger charge is 2.21. The monoisotopic (exact) mass is 213 g/mol. The van der Waals surface area contributed by atoms with Crippen molar-refractivity contribution in [1.82, 2.24) is 4.65 Å². The van der Waals surface area contributed by atoms with Gasteiger partial charge >= 0.3 is 7.58 Å². The summed E-state index contributed by atoms with van der Waals surface area (Å²) in [5.41, 5.74) is 0. The lowest BCUT2D eigenvalue weighted by Gasteiger charge is -2.22. The maximum Gasteiger partial charge on any atom is 0.300 e. The molecule has 0 fully saturated rings. The van der Waals surface area contributed by atoms with Gasteiger partial charge in [0, 0.05) is 0 Å². The third-order valence-corrected chi connectivity index (χ3v) is 8.43. The van der Waals surface area contributed by atoms with Crippen molar-refractivity contribution in [3.05, 3.63) is 12.7 Å². The van der Waals surface area contributed by atoms with Gasteiger partial charge in [-0.3, -0.25) is 0 Å². The Balaban J connectivity index is 3.73. The van der Waals surface area contributed by atoms with Gasteiger partial charge in [0.1, 0.15) is 8.24 Å². The summed E-state index contributed by atoms with van der Waals surface area (Å²) in [6, 6.07) is 1.02. The molecule has 0 aliphatic heterocycles. The van der Waals surface area contributed by atoms with E-state index in [0.717, 1.165) is 6.04 Å². The molecule has 10 heavy (non-hydrogen) atoms. The molecule has 5 heteroatoms. The van der Waals surface area contributed by atoms with E-state index in [2.05, 4.69) is 24.3 Å². The van der Waals surface area contributed by atoms with E-state index >= 15 is 0 Å². The number of allylic oxidation sites excluding steroid dienone is 1. The quantitative estimate of drug-likeness (QED) is 0.429. The second kappa shape index (κ2) is 4.56. The Hall–Kier alpha value is 0.714. The summed E-state index contributed by atoms with van der Waals surface area (Å²) in [5, 5.41) is 0. The molecule has 0 aliphatic rings. The van der Waals surface area contributed by atoms with Crippen LogP contribution in [0.3, 0.4) is 0 Å². The Kier molecular flexibility index (Phi) is 4.89. The van der Waals surface area contributed by atoms with Gasteiger partial charge in [0.05, 0.1) is 0 Å². The molecule has 0 aromatic rings. The molecule has 0 spiro atoms. The summed E-state index contributed by atoms with van der Waals surface area (Å²) in [6.45, 7) is 8.06. The van der Waals surface area contributed by atoms with Crippen LogP contribution in [0.1, 0.15) is 0 Å². The summed E-state index contributed by atoms with van der Waals surface area (Å²) in [5.74, 6) is 0. The molecule has 0 saturated carbocycles. The van der Waals surface area contributed by atoms with Crippen LogP contribution in [0.25, 0.3) is 0 Å². The fourth-order valence-corrected chi connectivity index (χ4v) is 9.59. The van der Waals surface area contributed by atoms with Gasteiger partial charge in [-0.1, -0.05) is 19.2 Å². The Labute approximate surface area is 74.6 Å². The van der Waals surface area contributed by atoms with Crippen LogP contribution in [0, 0.1) is 0 Å². The molecule has 1 N–H and O–H groups in total. The fraction of sp³-hybridized carbons (Fsp3) is 0.600. The van der Waals surface area contributed by atoms with E-state index in [-0.39, 0.29) is 0 Å². The van der Waals surface area contributed by atoms with Crippen LogP contribution < -0.4 is 4.65 Å². The highest BCUT2D eigenvalue weighted by atomic mass is 35.7. The van der Waals surface area contributed by atoms with Gasteiger partial charge in [-0.25, -0.2) is 0 Å². The molecule has 1 nitrogen and oxygen atoms in total. The largest absolute Gasteiger partial charge is 0.338 e. The molecule has 0 radical (unpaired) electrons. The molecule has 0 unspecified atom stereocenters. The predicted molar refractivity (Wildman–Crippen MR) is 54.5 cm³/mol. The predicted octanol–water partition coefficient (Wildman–Crippen LogP) is 2.16. The second-order valence-electron chi connectivity index (χ2n) is 2.82. The van der Waals surface area contributed by atoms with Gasteiger partial charge in [0.25, 0.3) is 0 Å². The zero-order chi connectivity index (χ0) is 8.20. The van der Waals surface area contributed by atoms with Crippen LogP contribution in [0.15, 0.2) is 12.7 Å². The fourth-order valence-electron chi connectivity index (χ4n) is 0.715. The first-order valence-electron chi connectivity index (χ1n) is 3.15. The van der Waals surface area contributed by atoms with E-state index in [4.69, 9.17) is 22.2 Å². The molecule has 0 rings (SSSR count). The number of nitrogens with one attached hydrogen (secondary N) is 1. The maximum absolute atomic E-state index is 5.69. The molecule has 0 aliphatic carbocycles. The number of rotatable bonds is 4. The first kappa shape index (κ1) is 10.7. The van der Waals surface area contributed by atoms with Crippen molar-refractivity contribution >= 4 is 38.0 Å². The Morgan fingerprint density at radius 3 is 2.40 bits per heavy atom. The molecule has 0 heterocycles. The van der Waals surface area contributed by atoms with Crippen molar-refractivity contribution in [2.75, 3.05) is 0 Å². The molecule has 60 valence electrons. The number of hydrogen-bond acceptors (Lipinski definition) is 1. The first-order chi connectivity index (χ1) is 4.48. The third kappa shape index (κ3) is 5.49. The van der Waals surface area contributed by atoms with Crippen LogP contribution in [-0.2, 0) is 0 Å². The minimum atomic E-state index is -1.62. The summed E-state index contributed by atoms with van der Waals surface area (Å²) >= 11 is 11.4. The molecular weight excluding hydrogens is 201 g/mol. The van der Waals surface area contributed by atoms with Crippen molar-refractivity contribution < 1.29 is 0 Å². The summed E-state index contributed by atoms with van der Waals surface area (Å²) in [6.07, 6.45) is 1.92. The third-order valence-electron chi connectivity index (χ3n) is 1.15. The molecular formula is C5H13Cl2NSi2. The van der Waals surface area contributed by atoms with Gasteiger partial charge in [0.15, 0.2) is 0 Å². The van der Waals surface area contributed by atoms with E-state index in [0.29, 0.717) is 0 Å². The zero-order valence-electron chi connectivity index (χ0n) is 6.32. The Morgan fingerprint density at radius 1 is 1.60 bits per heavy atom. The van der Waals surface area contributed by atoms with Crippen LogP contribution in [0.5, 0.6) is 0 Å². The van der Waals surface area contributed by atoms with E-state index in [9.17, 15) is 0 Å². The van der Waals surface area contributed by atoms with Gasteiger partial charge < -0.3 is 4.65 Å². The van der Waals surface area contributed by atoms with Crippen LogP contribution in [0.4, 0.5) is 0 Å². The molecule has 0 bridgehead atoms. The molecule has 0 saturated heterocycles. The average Bonchev–Trinajstić information content (AvgIpc) is 1.59. The topological polar surface area (TPSA) is 12.0 Å². The normalized spacial score (nSPS) is 12.1. The van der Waals surface area contributed by atoms with E-state index in [1.807, 2.05) is 6.08 Å². The SMILES string of the molecule is C=CC[Si](C)(C)N[SiH](Cl)Cl. The first-order valence-corrected chi connectivity index (χ1v) is 10.4. The highest BCUT2D eigenvalue weighted by molar-refractivity contribution is 7.34. The standard InChI is InChI=1S/C5H13Cl2NSi2/c1-4-5-10(2,3)8-9(6)7/h4,8-9H,1,5H2,2-3H3. The minimum absolute atomic E-state index is 1.02. The summed E-state index contributed by atoms with van der Waals surface area (Å²) in [7, 11) is -2.96. The molecule has 0 aromatic carbocycles. The lowest BCUT2D eigenvalue weighted by atomic mass is 10.8. The average molecular weight is 214 g/mol. The molecule has 0 amide bonds. The summed E-state index contributed by atoms with van der Waals surface area (Å²) < 4.78 is 3.26. The van der Waals surface area contributed by atoms with E-state index < -0.39 is 15.8 Å². The minimum Gasteiger partial charge on any atom is -0.338 e. The van der Waals surface area contributed by atoms with Crippen molar-refractivity contribution in [2.24, 2.45) is 0 Å². The van der Waals surface area contributed by atoms with Gasteiger partial charge in [-0.15, -0.1) is 28.7 Å². The Bertz CT molecular complexity index is 116. The smallest absolute Gasteiger partial charge is 0.300 e. The van der Waals surface area contributed by atoms with Crippen LogP contribution in [0.2, 0.25) is 19.1 Å². The number of hydrogen-bond donors (Lipinski definition) is 1. The Morgan fingerprint density at radius 2 is 2.10 bits per heavy atom. The van der Waals surface area contributed by atoms with Crippen molar-refractivity contribution in [3.8, 4) is 0 Å². The van der Waals surface area contributed by atoms with E-state index in [1.54, 1.807) is 0 Å². The summed E-state index contributed by atoms with van der Waals surface area (Å²) in [4.78, 5) is 0. The van der Waals surface area contributed by atoms with Gasteiger partial charge in [0.2, 0.25) is 0 Å². The maximum atomic E-state index is 5.69. The lowest BCUT2D eigenvalue weighted by molar-refractivity contribution is 1.34. The zero-order valence-corrected chi connectivity index (χ0v) is 9.99.